The van der Waals surface area contributed by atoms with Gasteiger partial charge in [-0.25, -0.2) is 8.42 Å². The van der Waals surface area contributed by atoms with Crippen LogP contribution in [0.25, 0.3) is 0 Å². The quantitative estimate of drug-likeness (QED) is 0.738. The first-order valence-electron chi connectivity index (χ1n) is 9.45. The van der Waals surface area contributed by atoms with Crippen molar-refractivity contribution in [1.82, 2.24) is 4.90 Å². The van der Waals surface area contributed by atoms with E-state index >= 15 is 0 Å². The van der Waals surface area contributed by atoms with E-state index in [1.807, 2.05) is 51.1 Å². The van der Waals surface area contributed by atoms with Crippen LogP contribution in [0.2, 0.25) is 0 Å². The SMILES string of the molecule is Cc1ccc(CN(C(=O)[C@@H](C)Oc2ccc(C)c(C)c2)[C@@H]2CCS(=O)(=O)C2)o1. The van der Waals surface area contributed by atoms with Crippen molar-refractivity contribution in [2.24, 2.45) is 0 Å². The average molecular weight is 406 g/mol. The minimum atomic E-state index is -3.12. The Morgan fingerprint density at radius 1 is 1.21 bits per heavy atom. The number of rotatable bonds is 6. The summed E-state index contributed by atoms with van der Waals surface area (Å²) in [4.78, 5) is 14.8. The number of benzene rings is 1. The normalized spacial score (nSPS) is 19.4. The number of aryl methyl sites for hydroxylation is 3. The van der Waals surface area contributed by atoms with E-state index in [2.05, 4.69) is 0 Å². The third-order valence-electron chi connectivity index (χ3n) is 5.19. The summed E-state index contributed by atoms with van der Waals surface area (Å²) >= 11 is 0. The molecule has 0 aliphatic carbocycles. The van der Waals surface area contributed by atoms with Crippen LogP contribution >= 0.6 is 0 Å². The fourth-order valence-electron chi connectivity index (χ4n) is 3.42. The summed E-state index contributed by atoms with van der Waals surface area (Å²) in [5, 5.41) is 0. The van der Waals surface area contributed by atoms with Crippen molar-refractivity contribution in [3.63, 3.8) is 0 Å². The maximum atomic E-state index is 13.2. The molecule has 1 aliphatic rings. The number of ether oxygens (including phenoxy) is 1. The Balaban J connectivity index is 1.79. The van der Waals surface area contributed by atoms with Crippen molar-refractivity contribution < 1.29 is 22.4 Å². The minimum absolute atomic E-state index is 0.0191. The van der Waals surface area contributed by atoms with E-state index in [9.17, 15) is 13.2 Å². The molecular weight excluding hydrogens is 378 g/mol. The van der Waals surface area contributed by atoms with E-state index in [0.717, 1.165) is 16.9 Å². The Morgan fingerprint density at radius 2 is 1.96 bits per heavy atom. The Hall–Kier alpha value is -2.28. The van der Waals surface area contributed by atoms with Crippen molar-refractivity contribution in [3.05, 3.63) is 53.0 Å². The van der Waals surface area contributed by atoms with Gasteiger partial charge in [0.25, 0.3) is 5.91 Å². The molecule has 1 aromatic heterocycles. The van der Waals surface area contributed by atoms with Gasteiger partial charge in [0, 0.05) is 6.04 Å². The highest BCUT2D eigenvalue weighted by atomic mass is 32.2. The molecule has 152 valence electrons. The molecule has 1 aliphatic heterocycles. The Labute approximate surface area is 166 Å². The van der Waals surface area contributed by atoms with Gasteiger partial charge in [-0.15, -0.1) is 0 Å². The van der Waals surface area contributed by atoms with E-state index in [-0.39, 0.29) is 30.0 Å². The topological polar surface area (TPSA) is 76.8 Å². The highest BCUT2D eigenvalue weighted by Crippen LogP contribution is 2.24. The first kappa shape index (κ1) is 20.5. The molecule has 1 saturated heterocycles. The number of carbonyl (C=O) groups is 1. The van der Waals surface area contributed by atoms with Crippen molar-refractivity contribution in [2.75, 3.05) is 11.5 Å². The molecule has 6 nitrogen and oxygen atoms in total. The molecule has 0 saturated carbocycles. The van der Waals surface area contributed by atoms with Crippen LogP contribution in [0.3, 0.4) is 0 Å². The fourth-order valence-corrected chi connectivity index (χ4v) is 5.15. The van der Waals surface area contributed by atoms with Crippen LogP contribution in [0, 0.1) is 20.8 Å². The molecule has 1 amide bonds. The van der Waals surface area contributed by atoms with Crippen LogP contribution in [-0.2, 0) is 21.2 Å². The highest BCUT2D eigenvalue weighted by molar-refractivity contribution is 7.91. The fraction of sp³-hybridized carbons (Fsp3) is 0.476. The first-order chi connectivity index (χ1) is 13.1. The molecule has 1 aromatic carbocycles. The van der Waals surface area contributed by atoms with Crippen molar-refractivity contribution >= 4 is 15.7 Å². The zero-order valence-corrected chi connectivity index (χ0v) is 17.6. The van der Waals surface area contributed by atoms with E-state index in [1.54, 1.807) is 11.8 Å². The second-order valence-electron chi connectivity index (χ2n) is 7.54. The van der Waals surface area contributed by atoms with Gasteiger partial charge in [0.05, 0.1) is 18.1 Å². The number of sulfone groups is 1. The summed E-state index contributed by atoms with van der Waals surface area (Å²) in [5.41, 5.74) is 2.24. The highest BCUT2D eigenvalue weighted by Gasteiger charge is 2.37. The molecule has 0 spiro atoms. The second-order valence-corrected chi connectivity index (χ2v) is 9.77. The summed E-state index contributed by atoms with van der Waals surface area (Å²) in [6.07, 6.45) is -0.300. The van der Waals surface area contributed by atoms with Crippen LogP contribution in [-0.4, -0.2) is 42.9 Å². The van der Waals surface area contributed by atoms with E-state index in [4.69, 9.17) is 9.15 Å². The van der Waals surface area contributed by atoms with Crippen LogP contribution in [0.1, 0.15) is 36.0 Å². The molecule has 0 unspecified atom stereocenters. The van der Waals surface area contributed by atoms with Gasteiger partial charge in [-0.3, -0.25) is 4.79 Å². The Kier molecular flexibility index (Phi) is 5.84. The summed E-state index contributed by atoms with van der Waals surface area (Å²) in [6, 6.07) is 8.97. The maximum absolute atomic E-state index is 13.2. The summed E-state index contributed by atoms with van der Waals surface area (Å²) in [5.74, 6) is 1.85. The predicted molar refractivity (Wildman–Crippen MR) is 107 cm³/mol. The number of carbonyl (C=O) groups excluding carboxylic acids is 1. The van der Waals surface area contributed by atoms with E-state index in [1.165, 1.54) is 0 Å². The van der Waals surface area contributed by atoms with Crippen molar-refractivity contribution in [1.29, 1.82) is 0 Å². The van der Waals surface area contributed by atoms with Crippen LogP contribution in [0.5, 0.6) is 5.75 Å². The summed E-state index contributed by atoms with van der Waals surface area (Å²) in [7, 11) is -3.12. The molecule has 1 fully saturated rings. The average Bonchev–Trinajstić information content (AvgIpc) is 3.20. The van der Waals surface area contributed by atoms with Gasteiger partial charge >= 0.3 is 0 Å². The molecular formula is C21H27NO5S. The molecule has 28 heavy (non-hydrogen) atoms. The van der Waals surface area contributed by atoms with Gasteiger partial charge in [0.15, 0.2) is 15.9 Å². The molecule has 2 heterocycles. The lowest BCUT2D eigenvalue weighted by molar-refractivity contribution is -0.140. The van der Waals surface area contributed by atoms with E-state index < -0.39 is 15.9 Å². The molecule has 2 atom stereocenters. The Morgan fingerprint density at radius 3 is 2.54 bits per heavy atom. The number of nitrogens with zero attached hydrogens (tertiary/aromatic N) is 1. The lowest BCUT2D eigenvalue weighted by Gasteiger charge is -2.30. The number of furan rings is 1. The molecule has 3 rings (SSSR count). The van der Waals surface area contributed by atoms with Gasteiger partial charge in [-0.2, -0.15) is 0 Å². The zero-order valence-electron chi connectivity index (χ0n) is 16.8. The van der Waals surface area contributed by atoms with Gasteiger partial charge in [0.2, 0.25) is 0 Å². The molecule has 0 radical (unpaired) electrons. The molecule has 2 aromatic rings. The molecule has 0 N–H and O–H groups in total. The van der Waals surface area contributed by atoms with Gasteiger partial charge in [-0.1, -0.05) is 6.07 Å². The largest absolute Gasteiger partial charge is 0.481 e. The zero-order chi connectivity index (χ0) is 20.5. The third kappa shape index (κ3) is 4.76. The lowest BCUT2D eigenvalue weighted by Crippen LogP contribution is -2.46. The number of hydrogen-bond donors (Lipinski definition) is 0. The van der Waals surface area contributed by atoms with Crippen molar-refractivity contribution in [3.8, 4) is 5.75 Å². The van der Waals surface area contributed by atoms with Gasteiger partial charge < -0.3 is 14.1 Å². The molecule has 0 bridgehead atoms. The van der Waals surface area contributed by atoms with E-state index in [0.29, 0.717) is 17.9 Å². The number of hydrogen-bond acceptors (Lipinski definition) is 5. The van der Waals surface area contributed by atoms with Crippen LogP contribution in [0.4, 0.5) is 0 Å². The second kappa shape index (κ2) is 7.99. The first-order valence-corrected chi connectivity index (χ1v) is 11.3. The summed E-state index contributed by atoms with van der Waals surface area (Å²) in [6.45, 7) is 7.76. The molecule has 7 heteroatoms. The number of amides is 1. The maximum Gasteiger partial charge on any atom is 0.264 e. The van der Waals surface area contributed by atoms with Gasteiger partial charge in [-0.05, 0) is 69.5 Å². The van der Waals surface area contributed by atoms with Crippen LogP contribution in [0.15, 0.2) is 34.7 Å². The van der Waals surface area contributed by atoms with Gasteiger partial charge in [0.1, 0.15) is 17.3 Å². The monoisotopic (exact) mass is 405 g/mol. The Bertz CT molecular complexity index is 963. The van der Waals surface area contributed by atoms with Crippen molar-refractivity contribution in [2.45, 2.75) is 52.8 Å². The smallest absolute Gasteiger partial charge is 0.264 e. The lowest BCUT2D eigenvalue weighted by atomic mass is 10.1. The summed E-state index contributed by atoms with van der Waals surface area (Å²) < 4.78 is 35.4. The van der Waals surface area contributed by atoms with Crippen LogP contribution < -0.4 is 4.74 Å². The minimum Gasteiger partial charge on any atom is -0.481 e. The standard InChI is InChI=1S/C21H27NO5S/c1-14-5-7-19(11-15(14)2)27-17(4)21(23)22(12-20-8-6-16(3)26-20)18-9-10-28(24,25)13-18/h5-8,11,17-18H,9-10,12-13H2,1-4H3/t17-,18-/m1/s1. The predicted octanol–water partition coefficient (Wildman–Crippen LogP) is 3.19. The third-order valence-corrected chi connectivity index (χ3v) is 6.94.